The molecule has 1 aliphatic heterocycles. The molecule has 5 nitrogen and oxygen atoms in total. The summed E-state index contributed by atoms with van der Waals surface area (Å²) in [6, 6.07) is 3.18. The average molecular weight is 300 g/mol. The van der Waals surface area contributed by atoms with Crippen molar-refractivity contribution in [3.63, 3.8) is 0 Å². The molecule has 1 aliphatic rings. The number of halogens is 1. The van der Waals surface area contributed by atoms with E-state index in [-0.39, 0.29) is 12.5 Å². The molecular weight excluding hydrogens is 290 g/mol. The number of carbonyl (C=O) groups excluding carboxylic acids is 2. The molecule has 1 aromatic rings. The number of ether oxygens (including phenoxy) is 2. The van der Waals surface area contributed by atoms with Crippen LogP contribution < -0.4 is 10.1 Å². The molecule has 0 fully saturated rings. The Hall–Kier alpha value is -1.56. The van der Waals surface area contributed by atoms with Gasteiger partial charge in [0.1, 0.15) is 5.75 Å². The van der Waals surface area contributed by atoms with Crippen LogP contribution >= 0.6 is 15.9 Å². The van der Waals surface area contributed by atoms with Gasteiger partial charge in [-0.1, -0.05) is 0 Å². The molecule has 0 saturated heterocycles. The van der Waals surface area contributed by atoms with Crippen LogP contribution in [0.25, 0.3) is 0 Å². The zero-order valence-electron chi connectivity index (χ0n) is 9.08. The minimum Gasteiger partial charge on any atom is -0.482 e. The maximum absolute atomic E-state index is 11.6. The van der Waals surface area contributed by atoms with E-state index >= 15 is 0 Å². The Kier molecular flexibility index (Phi) is 3.33. The predicted molar refractivity (Wildman–Crippen MR) is 64.2 cm³/mol. The molecule has 0 aliphatic carbocycles. The van der Waals surface area contributed by atoms with Gasteiger partial charge in [0.15, 0.2) is 6.61 Å². The molecule has 0 bridgehead atoms. The Morgan fingerprint density at radius 2 is 2.35 bits per heavy atom. The number of fused-ring (bicyclic) bond motifs is 1. The lowest BCUT2D eigenvalue weighted by Crippen LogP contribution is -2.25. The van der Waals surface area contributed by atoms with Crippen molar-refractivity contribution in [2.45, 2.75) is 6.92 Å². The number of hydrogen-bond donors (Lipinski definition) is 1. The second-order valence-electron chi connectivity index (χ2n) is 3.39. The normalized spacial score (nSPS) is 13.4. The van der Waals surface area contributed by atoms with E-state index in [4.69, 9.17) is 9.47 Å². The zero-order chi connectivity index (χ0) is 12.4. The van der Waals surface area contributed by atoms with Gasteiger partial charge >= 0.3 is 5.97 Å². The van der Waals surface area contributed by atoms with Crippen molar-refractivity contribution < 1.29 is 19.1 Å². The highest BCUT2D eigenvalue weighted by Gasteiger charge is 2.21. The zero-order valence-corrected chi connectivity index (χ0v) is 10.7. The van der Waals surface area contributed by atoms with Gasteiger partial charge < -0.3 is 14.8 Å². The summed E-state index contributed by atoms with van der Waals surface area (Å²) in [6.45, 7) is 2.01. The van der Waals surface area contributed by atoms with Crippen LogP contribution in [0.15, 0.2) is 16.6 Å². The van der Waals surface area contributed by atoms with Crippen molar-refractivity contribution in [2.24, 2.45) is 0 Å². The molecular formula is C11H10BrNO4. The molecule has 0 radical (unpaired) electrons. The summed E-state index contributed by atoms with van der Waals surface area (Å²) in [5.41, 5.74) is 0.837. The molecule has 17 heavy (non-hydrogen) atoms. The summed E-state index contributed by atoms with van der Waals surface area (Å²) >= 11 is 3.27. The first-order chi connectivity index (χ1) is 8.11. The molecule has 1 amide bonds. The van der Waals surface area contributed by atoms with Crippen LogP contribution in [0, 0.1) is 0 Å². The van der Waals surface area contributed by atoms with Gasteiger partial charge in [0, 0.05) is 4.47 Å². The minimum absolute atomic E-state index is 0.0157. The van der Waals surface area contributed by atoms with Gasteiger partial charge in [-0.2, -0.15) is 0 Å². The molecule has 0 unspecified atom stereocenters. The van der Waals surface area contributed by atoms with Crippen LogP contribution in [0.1, 0.15) is 17.3 Å². The largest absolute Gasteiger partial charge is 0.482 e. The summed E-state index contributed by atoms with van der Waals surface area (Å²) in [5, 5.41) is 2.63. The maximum atomic E-state index is 11.6. The highest BCUT2D eigenvalue weighted by molar-refractivity contribution is 9.10. The number of nitrogens with one attached hydrogen (secondary N) is 1. The molecule has 1 N–H and O–H groups in total. The van der Waals surface area contributed by atoms with Crippen molar-refractivity contribution in [3.05, 3.63) is 22.2 Å². The fraction of sp³-hybridized carbons (Fsp3) is 0.273. The van der Waals surface area contributed by atoms with E-state index < -0.39 is 5.97 Å². The third-order valence-electron chi connectivity index (χ3n) is 2.20. The average Bonchev–Trinajstić information content (AvgIpc) is 2.29. The van der Waals surface area contributed by atoms with Gasteiger partial charge in [0.05, 0.1) is 17.9 Å². The van der Waals surface area contributed by atoms with Crippen molar-refractivity contribution >= 4 is 33.5 Å². The lowest BCUT2D eigenvalue weighted by atomic mass is 10.1. The first-order valence-corrected chi connectivity index (χ1v) is 5.84. The quantitative estimate of drug-likeness (QED) is 0.848. The fourth-order valence-electron chi connectivity index (χ4n) is 1.47. The van der Waals surface area contributed by atoms with Gasteiger partial charge in [0.25, 0.3) is 5.91 Å². The number of amides is 1. The van der Waals surface area contributed by atoms with Crippen LogP contribution in [-0.2, 0) is 9.53 Å². The van der Waals surface area contributed by atoms with Gasteiger partial charge in [0.2, 0.25) is 0 Å². The van der Waals surface area contributed by atoms with Gasteiger partial charge in [-0.3, -0.25) is 4.79 Å². The molecule has 0 spiro atoms. The monoisotopic (exact) mass is 299 g/mol. The number of esters is 1. The molecule has 6 heteroatoms. The van der Waals surface area contributed by atoms with Crippen molar-refractivity contribution in [1.82, 2.24) is 0 Å². The summed E-state index contributed by atoms with van der Waals surface area (Å²) in [4.78, 5) is 22.8. The summed E-state index contributed by atoms with van der Waals surface area (Å²) in [7, 11) is 0. The number of hydrogen-bond acceptors (Lipinski definition) is 4. The lowest BCUT2D eigenvalue weighted by Gasteiger charge is -2.19. The summed E-state index contributed by atoms with van der Waals surface area (Å²) < 4.78 is 10.7. The second-order valence-corrected chi connectivity index (χ2v) is 4.24. The van der Waals surface area contributed by atoms with E-state index in [1.807, 2.05) is 0 Å². The number of rotatable bonds is 2. The molecule has 0 saturated carbocycles. The number of benzene rings is 1. The molecule has 0 aromatic heterocycles. The molecule has 90 valence electrons. The van der Waals surface area contributed by atoms with Gasteiger partial charge in [-0.25, -0.2) is 4.79 Å². The van der Waals surface area contributed by atoms with Crippen molar-refractivity contribution in [2.75, 3.05) is 18.5 Å². The standard InChI is InChI=1S/C11H10BrNO4/c1-2-16-11(15)6-3-8-9(4-7(6)12)17-5-10(14)13-8/h3-4H,2,5H2,1H3,(H,13,14). The van der Waals surface area contributed by atoms with Crippen LogP contribution in [0.4, 0.5) is 5.69 Å². The topological polar surface area (TPSA) is 64.6 Å². The lowest BCUT2D eigenvalue weighted by molar-refractivity contribution is -0.118. The van der Waals surface area contributed by atoms with E-state index in [0.29, 0.717) is 28.1 Å². The Morgan fingerprint density at radius 1 is 1.59 bits per heavy atom. The van der Waals surface area contributed by atoms with Crippen LogP contribution in [0.2, 0.25) is 0 Å². The van der Waals surface area contributed by atoms with Gasteiger partial charge in [-0.05, 0) is 35.0 Å². The first-order valence-electron chi connectivity index (χ1n) is 5.05. The number of anilines is 1. The maximum Gasteiger partial charge on any atom is 0.339 e. The second kappa shape index (κ2) is 4.75. The highest BCUT2D eigenvalue weighted by Crippen LogP contribution is 2.33. The third-order valence-corrected chi connectivity index (χ3v) is 2.85. The van der Waals surface area contributed by atoms with E-state index in [2.05, 4.69) is 21.2 Å². The van der Waals surface area contributed by atoms with E-state index in [1.165, 1.54) is 6.07 Å². The Bertz CT molecular complexity index is 487. The van der Waals surface area contributed by atoms with Crippen LogP contribution in [0.5, 0.6) is 5.75 Å². The van der Waals surface area contributed by atoms with Crippen molar-refractivity contribution in [1.29, 1.82) is 0 Å². The Balaban J connectivity index is 2.38. The smallest absolute Gasteiger partial charge is 0.339 e. The van der Waals surface area contributed by atoms with Crippen LogP contribution in [-0.4, -0.2) is 25.1 Å². The van der Waals surface area contributed by atoms with Gasteiger partial charge in [-0.15, -0.1) is 0 Å². The fourth-order valence-corrected chi connectivity index (χ4v) is 1.95. The Morgan fingerprint density at radius 3 is 3.06 bits per heavy atom. The minimum atomic E-state index is -0.443. The van der Waals surface area contributed by atoms with E-state index in [9.17, 15) is 9.59 Å². The summed E-state index contributed by atoms with van der Waals surface area (Å²) in [6.07, 6.45) is 0. The SMILES string of the molecule is CCOC(=O)c1cc2c(cc1Br)OCC(=O)N2. The van der Waals surface area contributed by atoms with Crippen LogP contribution in [0.3, 0.4) is 0 Å². The molecule has 1 heterocycles. The van der Waals surface area contributed by atoms with E-state index in [0.717, 1.165) is 0 Å². The molecule has 2 rings (SSSR count). The van der Waals surface area contributed by atoms with Crippen molar-refractivity contribution in [3.8, 4) is 5.75 Å². The Labute approximate surface area is 106 Å². The molecule has 0 atom stereocenters. The number of carbonyl (C=O) groups is 2. The highest BCUT2D eigenvalue weighted by atomic mass is 79.9. The summed E-state index contributed by atoms with van der Waals surface area (Å²) in [5.74, 6) is -0.152. The third kappa shape index (κ3) is 2.41. The predicted octanol–water partition coefficient (Wildman–Crippen LogP) is 1.96. The molecule has 1 aromatic carbocycles. The van der Waals surface area contributed by atoms with E-state index in [1.54, 1.807) is 13.0 Å². The first kappa shape index (κ1) is 11.9.